The van der Waals surface area contributed by atoms with Crippen molar-refractivity contribution in [2.45, 2.75) is 32.0 Å². The summed E-state index contributed by atoms with van der Waals surface area (Å²) in [6.45, 7) is 2.68. The third-order valence-corrected chi connectivity index (χ3v) is 2.45. The van der Waals surface area contributed by atoms with Gasteiger partial charge in [0.2, 0.25) is 0 Å². The molecule has 0 radical (unpaired) electrons. The van der Waals surface area contributed by atoms with Gasteiger partial charge in [0.05, 0.1) is 0 Å². The number of aliphatic hydroxyl groups is 1. The van der Waals surface area contributed by atoms with Crippen molar-refractivity contribution >= 4 is 11.8 Å². The molecule has 0 aliphatic carbocycles. The maximum Gasteiger partial charge on any atom is 0.416 e. The summed E-state index contributed by atoms with van der Waals surface area (Å²) in [4.78, 5) is 0. The van der Waals surface area contributed by atoms with Crippen LogP contribution in [0.5, 0.6) is 0 Å². The first kappa shape index (κ1) is 12.1. The highest BCUT2D eigenvalue weighted by Gasteiger charge is 2.49. The van der Waals surface area contributed by atoms with E-state index in [0.717, 1.165) is 12.7 Å². The number of rotatable bonds is 4. The first-order chi connectivity index (χ1) is 5.31. The Morgan fingerprint density at radius 1 is 1.33 bits per heavy atom. The second-order valence-electron chi connectivity index (χ2n) is 2.72. The molecule has 0 rings (SSSR count). The Kier molecular flexibility index (Phi) is 4.40. The zero-order chi connectivity index (χ0) is 9.83. The molecule has 0 fully saturated rings. The molecule has 0 aromatic rings. The van der Waals surface area contributed by atoms with E-state index in [9.17, 15) is 13.2 Å². The van der Waals surface area contributed by atoms with E-state index in [2.05, 4.69) is 0 Å². The molecule has 0 aliphatic heterocycles. The predicted molar refractivity (Wildman–Crippen MR) is 44.3 cm³/mol. The highest BCUT2D eigenvalue weighted by Crippen LogP contribution is 2.33. The average molecular weight is 202 g/mol. The summed E-state index contributed by atoms with van der Waals surface area (Å²) in [6.07, 6.45) is -4.75. The number of alkyl halides is 3. The lowest BCUT2D eigenvalue weighted by Gasteiger charge is -2.25. The van der Waals surface area contributed by atoms with Crippen LogP contribution >= 0.6 is 11.8 Å². The van der Waals surface area contributed by atoms with Gasteiger partial charge in [0.1, 0.15) is 0 Å². The van der Waals surface area contributed by atoms with Gasteiger partial charge in [-0.15, -0.1) is 0 Å². The van der Waals surface area contributed by atoms with E-state index >= 15 is 0 Å². The Morgan fingerprint density at radius 3 is 2.17 bits per heavy atom. The van der Waals surface area contributed by atoms with E-state index in [1.54, 1.807) is 0 Å². The fourth-order valence-corrected chi connectivity index (χ4v) is 1.39. The lowest BCUT2D eigenvalue weighted by molar-refractivity contribution is -0.253. The summed E-state index contributed by atoms with van der Waals surface area (Å²) in [7, 11) is 0. The molecule has 0 amide bonds. The maximum absolute atomic E-state index is 12.0. The third kappa shape index (κ3) is 3.67. The van der Waals surface area contributed by atoms with Gasteiger partial charge in [-0.25, -0.2) is 0 Å². The first-order valence-electron chi connectivity index (χ1n) is 3.68. The zero-order valence-electron chi connectivity index (χ0n) is 7.11. The molecule has 1 atom stereocenters. The molecule has 0 heterocycles. The Balaban J connectivity index is 3.88. The average Bonchev–Trinajstić information content (AvgIpc) is 1.85. The van der Waals surface area contributed by atoms with Crippen molar-refractivity contribution < 1.29 is 18.3 Å². The summed E-state index contributed by atoms with van der Waals surface area (Å²) in [6, 6.07) is 0. The molecule has 0 aliphatic rings. The molecule has 0 aromatic carbocycles. The molecule has 0 bridgehead atoms. The molecule has 0 saturated carbocycles. The van der Waals surface area contributed by atoms with E-state index in [1.165, 1.54) is 11.8 Å². The van der Waals surface area contributed by atoms with Gasteiger partial charge in [0.15, 0.2) is 5.60 Å². The summed E-state index contributed by atoms with van der Waals surface area (Å²) in [5.41, 5.74) is -2.53. The van der Waals surface area contributed by atoms with E-state index in [4.69, 9.17) is 5.11 Å². The second kappa shape index (κ2) is 4.37. The molecule has 1 unspecified atom stereocenters. The molecule has 74 valence electrons. The highest BCUT2D eigenvalue weighted by molar-refractivity contribution is 7.99. The highest BCUT2D eigenvalue weighted by atomic mass is 32.2. The molecular weight excluding hydrogens is 189 g/mol. The molecular formula is C7H13F3OS. The minimum atomic E-state index is -4.51. The lowest BCUT2D eigenvalue weighted by atomic mass is 10.0. The number of halogens is 3. The van der Waals surface area contributed by atoms with Gasteiger partial charge in [0.25, 0.3) is 0 Å². The topological polar surface area (TPSA) is 20.2 Å². The van der Waals surface area contributed by atoms with Gasteiger partial charge < -0.3 is 5.11 Å². The van der Waals surface area contributed by atoms with Crippen molar-refractivity contribution in [2.24, 2.45) is 0 Å². The van der Waals surface area contributed by atoms with Crippen LogP contribution in [0.2, 0.25) is 0 Å². The largest absolute Gasteiger partial charge is 0.416 e. The van der Waals surface area contributed by atoms with Crippen LogP contribution in [0.3, 0.4) is 0 Å². The van der Waals surface area contributed by atoms with E-state index in [0.29, 0.717) is 5.75 Å². The standard InChI is InChI=1S/C7H13F3OS/c1-3-12-5-4-6(2,11)7(8,9)10/h11H,3-5H2,1-2H3. The van der Waals surface area contributed by atoms with Crippen LogP contribution in [0.1, 0.15) is 20.3 Å². The van der Waals surface area contributed by atoms with Crippen LogP contribution in [-0.2, 0) is 0 Å². The van der Waals surface area contributed by atoms with Gasteiger partial charge in [-0.1, -0.05) is 6.92 Å². The van der Waals surface area contributed by atoms with Crippen molar-refractivity contribution in [3.63, 3.8) is 0 Å². The van der Waals surface area contributed by atoms with Gasteiger partial charge in [-0.2, -0.15) is 24.9 Å². The second-order valence-corrected chi connectivity index (χ2v) is 4.11. The lowest BCUT2D eigenvalue weighted by Crippen LogP contribution is -2.42. The first-order valence-corrected chi connectivity index (χ1v) is 4.83. The summed E-state index contributed by atoms with van der Waals surface area (Å²) < 4.78 is 36.0. The SMILES string of the molecule is CCSCCC(C)(O)C(F)(F)F. The van der Waals surface area contributed by atoms with E-state index < -0.39 is 11.8 Å². The minimum Gasteiger partial charge on any atom is -0.381 e. The quantitative estimate of drug-likeness (QED) is 0.706. The van der Waals surface area contributed by atoms with Crippen molar-refractivity contribution in [2.75, 3.05) is 11.5 Å². The van der Waals surface area contributed by atoms with Crippen LogP contribution in [0.25, 0.3) is 0 Å². The maximum atomic E-state index is 12.0. The Labute approximate surface area is 74.3 Å². The Morgan fingerprint density at radius 2 is 1.83 bits per heavy atom. The molecule has 0 spiro atoms. The fourth-order valence-electron chi connectivity index (χ4n) is 0.557. The summed E-state index contributed by atoms with van der Waals surface area (Å²) in [5, 5.41) is 8.94. The zero-order valence-corrected chi connectivity index (χ0v) is 7.93. The van der Waals surface area contributed by atoms with Crippen molar-refractivity contribution in [3.8, 4) is 0 Å². The minimum absolute atomic E-state index is 0.241. The molecule has 0 aromatic heterocycles. The normalized spacial score (nSPS) is 17.5. The molecule has 1 nitrogen and oxygen atoms in total. The molecule has 5 heteroatoms. The van der Waals surface area contributed by atoms with Crippen molar-refractivity contribution in [3.05, 3.63) is 0 Å². The number of hydrogen-bond donors (Lipinski definition) is 1. The summed E-state index contributed by atoms with van der Waals surface area (Å²) in [5.74, 6) is 1.11. The van der Waals surface area contributed by atoms with E-state index in [1.807, 2.05) is 6.92 Å². The predicted octanol–water partition coefficient (Wildman–Crippen LogP) is 2.44. The molecule has 1 N–H and O–H groups in total. The van der Waals surface area contributed by atoms with E-state index in [-0.39, 0.29) is 6.42 Å². The Bertz CT molecular complexity index is 133. The van der Waals surface area contributed by atoms with Gasteiger partial charge >= 0.3 is 6.18 Å². The number of hydrogen-bond acceptors (Lipinski definition) is 2. The van der Waals surface area contributed by atoms with Crippen LogP contribution in [-0.4, -0.2) is 28.4 Å². The van der Waals surface area contributed by atoms with Gasteiger partial charge in [0, 0.05) is 0 Å². The fraction of sp³-hybridized carbons (Fsp3) is 1.00. The van der Waals surface area contributed by atoms with Crippen molar-refractivity contribution in [1.82, 2.24) is 0 Å². The Hall–Kier alpha value is 0.100. The summed E-state index contributed by atoms with van der Waals surface area (Å²) >= 11 is 1.39. The third-order valence-electron chi connectivity index (χ3n) is 1.55. The van der Waals surface area contributed by atoms with Crippen molar-refractivity contribution in [1.29, 1.82) is 0 Å². The molecule has 0 saturated heterocycles. The van der Waals surface area contributed by atoms with Crippen LogP contribution in [0.4, 0.5) is 13.2 Å². The van der Waals surface area contributed by atoms with Crippen LogP contribution < -0.4 is 0 Å². The van der Waals surface area contributed by atoms with Gasteiger partial charge in [-0.05, 0) is 24.9 Å². The smallest absolute Gasteiger partial charge is 0.381 e. The monoisotopic (exact) mass is 202 g/mol. The molecule has 12 heavy (non-hydrogen) atoms. The number of thioether (sulfide) groups is 1. The van der Waals surface area contributed by atoms with Crippen LogP contribution in [0.15, 0.2) is 0 Å². The van der Waals surface area contributed by atoms with Gasteiger partial charge in [-0.3, -0.25) is 0 Å². The van der Waals surface area contributed by atoms with Crippen LogP contribution in [0, 0.1) is 0 Å².